The van der Waals surface area contributed by atoms with Gasteiger partial charge in [-0.25, -0.2) is 37.1 Å². The lowest BCUT2D eigenvalue weighted by Crippen LogP contribution is -2.12. The van der Waals surface area contributed by atoms with Gasteiger partial charge in [-0.05, 0) is 35.9 Å². The molecule has 0 bridgehead atoms. The summed E-state index contributed by atoms with van der Waals surface area (Å²) in [4.78, 5) is 8.19. The van der Waals surface area contributed by atoms with Crippen molar-refractivity contribution in [3.05, 3.63) is 66.5 Å². The first-order valence-corrected chi connectivity index (χ1v) is 11.3. The number of nitrogens with zero attached hydrogens (tertiary/aromatic N) is 2. The molecule has 1 heterocycles. The smallest absolute Gasteiger partial charge is 0.238 e. The zero-order chi connectivity index (χ0) is 21.1. The molecule has 152 valence electrons. The number of nitrogens with one attached hydrogen (secondary N) is 2. The summed E-state index contributed by atoms with van der Waals surface area (Å²) in [6.45, 7) is 0.306. The average Bonchev–Trinajstić information content (AvgIpc) is 2.66. The van der Waals surface area contributed by atoms with E-state index in [1.807, 2.05) is 0 Å². The minimum Gasteiger partial charge on any atom is -0.366 e. The molecule has 3 rings (SSSR count). The van der Waals surface area contributed by atoms with E-state index < -0.39 is 20.0 Å². The van der Waals surface area contributed by atoms with E-state index in [0.29, 0.717) is 29.4 Å². The highest BCUT2D eigenvalue weighted by atomic mass is 32.2. The molecule has 3 aromatic rings. The molecule has 0 saturated heterocycles. The van der Waals surface area contributed by atoms with Crippen LogP contribution >= 0.6 is 0 Å². The highest BCUT2D eigenvalue weighted by Gasteiger charge is 2.09. The maximum Gasteiger partial charge on any atom is 0.238 e. The largest absolute Gasteiger partial charge is 0.366 e. The Labute approximate surface area is 168 Å². The van der Waals surface area contributed by atoms with E-state index in [1.54, 1.807) is 30.3 Å². The molecule has 0 spiro atoms. The van der Waals surface area contributed by atoms with Gasteiger partial charge < -0.3 is 10.6 Å². The second-order valence-electron chi connectivity index (χ2n) is 6.03. The first-order chi connectivity index (χ1) is 13.6. The Hall–Kier alpha value is -3.06. The lowest BCUT2D eigenvalue weighted by Gasteiger charge is -2.10. The van der Waals surface area contributed by atoms with Crippen molar-refractivity contribution in [3.63, 3.8) is 0 Å². The van der Waals surface area contributed by atoms with Crippen molar-refractivity contribution in [1.29, 1.82) is 0 Å². The lowest BCUT2D eigenvalue weighted by atomic mass is 10.2. The molecule has 2 aromatic carbocycles. The number of benzene rings is 2. The van der Waals surface area contributed by atoms with Crippen molar-refractivity contribution in [1.82, 2.24) is 9.97 Å². The van der Waals surface area contributed by atoms with Crippen molar-refractivity contribution >= 4 is 37.4 Å². The van der Waals surface area contributed by atoms with Crippen molar-refractivity contribution < 1.29 is 16.8 Å². The molecule has 0 amide bonds. The quantitative estimate of drug-likeness (QED) is 0.428. The Bertz CT molecular complexity index is 1250. The van der Waals surface area contributed by atoms with Crippen LogP contribution in [-0.2, 0) is 26.6 Å². The Kier molecular flexibility index (Phi) is 5.79. The number of sulfonamides is 2. The Morgan fingerprint density at radius 2 is 1.41 bits per heavy atom. The Morgan fingerprint density at radius 3 is 2.10 bits per heavy atom. The van der Waals surface area contributed by atoms with Gasteiger partial charge in [0.2, 0.25) is 20.0 Å². The van der Waals surface area contributed by atoms with Crippen molar-refractivity contribution in [3.8, 4) is 0 Å². The minimum atomic E-state index is -3.82. The first kappa shape index (κ1) is 20.7. The second kappa shape index (κ2) is 8.13. The third kappa shape index (κ3) is 5.71. The highest BCUT2D eigenvalue weighted by Crippen LogP contribution is 2.20. The molecule has 0 fully saturated rings. The summed E-state index contributed by atoms with van der Waals surface area (Å²) in [7, 11) is -7.59. The molecule has 1 aromatic heterocycles. The summed E-state index contributed by atoms with van der Waals surface area (Å²) in [6, 6.07) is 13.9. The number of rotatable bonds is 7. The van der Waals surface area contributed by atoms with Crippen molar-refractivity contribution in [2.45, 2.75) is 16.3 Å². The molecule has 0 saturated carbocycles. The van der Waals surface area contributed by atoms with Crippen LogP contribution in [0.15, 0.2) is 70.7 Å². The van der Waals surface area contributed by atoms with Gasteiger partial charge in [-0.1, -0.05) is 18.2 Å². The summed E-state index contributed by atoms with van der Waals surface area (Å²) in [5.74, 6) is 0.901. The fraction of sp³-hybridized carbons (Fsp3) is 0.0588. The van der Waals surface area contributed by atoms with Crippen LogP contribution in [0.5, 0.6) is 0 Å². The third-order valence-electron chi connectivity index (χ3n) is 3.80. The molecular formula is C17H18N6O4S2. The summed E-state index contributed by atoms with van der Waals surface area (Å²) in [6.07, 6.45) is 1.33. The van der Waals surface area contributed by atoms with E-state index in [-0.39, 0.29) is 9.79 Å². The van der Waals surface area contributed by atoms with Gasteiger partial charge in [-0.15, -0.1) is 0 Å². The molecule has 12 heteroatoms. The molecule has 0 aliphatic heterocycles. The molecule has 6 N–H and O–H groups in total. The van der Waals surface area contributed by atoms with Crippen molar-refractivity contribution in [2.24, 2.45) is 10.3 Å². The number of nitrogens with two attached hydrogens (primary N) is 2. The van der Waals surface area contributed by atoms with E-state index >= 15 is 0 Å². The van der Waals surface area contributed by atoms with Crippen LogP contribution in [0, 0.1) is 0 Å². The van der Waals surface area contributed by atoms with Gasteiger partial charge in [0.05, 0.1) is 9.79 Å². The van der Waals surface area contributed by atoms with Crippen LogP contribution in [-0.4, -0.2) is 26.8 Å². The van der Waals surface area contributed by atoms with Gasteiger partial charge in [0.15, 0.2) is 0 Å². The van der Waals surface area contributed by atoms with E-state index in [9.17, 15) is 16.8 Å². The molecular weight excluding hydrogens is 416 g/mol. The molecule has 10 nitrogen and oxygen atoms in total. The zero-order valence-corrected chi connectivity index (χ0v) is 16.6. The summed E-state index contributed by atoms with van der Waals surface area (Å²) in [5.41, 5.74) is 1.19. The van der Waals surface area contributed by atoms with Gasteiger partial charge >= 0.3 is 0 Å². The zero-order valence-electron chi connectivity index (χ0n) is 15.0. The average molecular weight is 435 g/mol. The van der Waals surface area contributed by atoms with Gasteiger partial charge in [0.25, 0.3) is 0 Å². The van der Waals surface area contributed by atoms with Gasteiger partial charge in [0, 0.05) is 18.3 Å². The maximum absolute atomic E-state index is 11.5. The highest BCUT2D eigenvalue weighted by molar-refractivity contribution is 7.89. The molecule has 29 heavy (non-hydrogen) atoms. The fourth-order valence-corrected chi connectivity index (χ4v) is 3.59. The third-order valence-corrected chi connectivity index (χ3v) is 5.62. The molecule has 0 radical (unpaired) electrons. The van der Waals surface area contributed by atoms with Gasteiger partial charge in [-0.2, -0.15) is 0 Å². The number of aromatic nitrogens is 2. The molecule has 0 aliphatic rings. The van der Waals surface area contributed by atoms with Crippen LogP contribution in [0.3, 0.4) is 0 Å². The van der Waals surface area contributed by atoms with Crippen LogP contribution in [0.2, 0.25) is 0 Å². The van der Waals surface area contributed by atoms with E-state index in [1.165, 1.54) is 30.6 Å². The van der Waals surface area contributed by atoms with Gasteiger partial charge in [0.1, 0.15) is 18.0 Å². The number of hydrogen-bond donors (Lipinski definition) is 4. The standard InChI is InChI=1S/C17H18N6O4S2/c18-28(24,25)14-5-1-3-12(7-14)10-20-16-9-17(22-11-21-16)23-13-4-2-6-15(8-13)29(19,26)27/h1-9,11H,10H2,(H2,18,24,25)(H2,19,26,27)(H2,20,21,22,23). The summed E-state index contributed by atoms with van der Waals surface area (Å²) >= 11 is 0. The SMILES string of the molecule is NS(=O)(=O)c1cccc(CNc2cc(Nc3cccc(S(N)(=O)=O)c3)ncn2)c1. The normalized spacial score (nSPS) is 11.8. The molecule has 0 unspecified atom stereocenters. The molecule has 0 atom stereocenters. The summed E-state index contributed by atoms with van der Waals surface area (Å²) < 4.78 is 45.8. The van der Waals surface area contributed by atoms with E-state index in [4.69, 9.17) is 10.3 Å². The summed E-state index contributed by atoms with van der Waals surface area (Å²) in [5, 5.41) is 16.3. The predicted molar refractivity (Wildman–Crippen MR) is 108 cm³/mol. The monoisotopic (exact) mass is 434 g/mol. The Morgan fingerprint density at radius 1 is 0.793 bits per heavy atom. The second-order valence-corrected chi connectivity index (χ2v) is 9.16. The van der Waals surface area contributed by atoms with Crippen LogP contribution in [0.25, 0.3) is 0 Å². The van der Waals surface area contributed by atoms with E-state index in [0.717, 1.165) is 0 Å². The minimum absolute atomic E-state index is 0.0235. The lowest BCUT2D eigenvalue weighted by molar-refractivity contribution is 0.596. The maximum atomic E-state index is 11.5. The van der Waals surface area contributed by atoms with Crippen molar-refractivity contribution in [2.75, 3.05) is 10.6 Å². The fourth-order valence-electron chi connectivity index (χ4n) is 2.45. The predicted octanol–water partition coefficient (Wildman–Crippen LogP) is 1.13. The topological polar surface area (TPSA) is 170 Å². The molecule has 0 aliphatic carbocycles. The Balaban J connectivity index is 1.72. The number of anilines is 3. The van der Waals surface area contributed by atoms with Crippen LogP contribution < -0.4 is 20.9 Å². The van der Waals surface area contributed by atoms with Crippen LogP contribution in [0.1, 0.15) is 5.56 Å². The van der Waals surface area contributed by atoms with Crippen LogP contribution in [0.4, 0.5) is 17.3 Å². The van der Waals surface area contributed by atoms with E-state index in [2.05, 4.69) is 20.6 Å². The number of primary sulfonamides is 2. The van der Waals surface area contributed by atoms with Gasteiger partial charge in [-0.3, -0.25) is 0 Å². The number of hydrogen-bond acceptors (Lipinski definition) is 8. The first-order valence-electron chi connectivity index (χ1n) is 8.19.